The molecule has 19 heavy (non-hydrogen) atoms. The summed E-state index contributed by atoms with van der Waals surface area (Å²) in [6.45, 7) is 3.99. The van der Waals surface area contributed by atoms with Crippen molar-refractivity contribution in [3.63, 3.8) is 0 Å². The Morgan fingerprint density at radius 2 is 1.84 bits per heavy atom. The van der Waals surface area contributed by atoms with Gasteiger partial charge in [-0.15, -0.1) is 0 Å². The van der Waals surface area contributed by atoms with Crippen molar-refractivity contribution in [3.8, 4) is 0 Å². The molecule has 0 heterocycles. The van der Waals surface area contributed by atoms with Gasteiger partial charge in [-0.25, -0.2) is 4.39 Å². The van der Waals surface area contributed by atoms with Gasteiger partial charge in [-0.1, -0.05) is 39.2 Å². The van der Waals surface area contributed by atoms with Crippen LogP contribution in [0.3, 0.4) is 0 Å². The molecule has 0 aliphatic heterocycles. The number of benzene rings is 1. The smallest absolute Gasteiger partial charge is 0.314 e. The minimum Gasteiger partial charge on any atom is -0.481 e. The summed E-state index contributed by atoms with van der Waals surface area (Å²) >= 11 is 0. The molecular weight excluding hydrogens is 243 g/mol. The molecule has 1 aliphatic rings. The monoisotopic (exact) mass is 264 g/mol. The molecule has 2 rings (SSSR count). The molecule has 0 atom stereocenters. The fraction of sp³-hybridized carbons (Fsp3) is 0.562. The first-order valence-electron chi connectivity index (χ1n) is 7.00. The predicted molar refractivity (Wildman–Crippen MR) is 72.9 cm³/mol. The maximum Gasteiger partial charge on any atom is 0.314 e. The summed E-state index contributed by atoms with van der Waals surface area (Å²) in [5.41, 5.74) is 0.633. The van der Waals surface area contributed by atoms with Gasteiger partial charge >= 0.3 is 5.97 Å². The molecule has 0 bridgehead atoms. The number of hydrogen-bond acceptors (Lipinski definition) is 1. The largest absolute Gasteiger partial charge is 0.481 e. The van der Waals surface area contributed by atoms with E-state index in [1.165, 1.54) is 12.1 Å². The lowest BCUT2D eigenvalue weighted by Gasteiger charge is -2.34. The topological polar surface area (TPSA) is 37.3 Å². The van der Waals surface area contributed by atoms with E-state index >= 15 is 0 Å². The van der Waals surface area contributed by atoms with Crippen LogP contribution in [-0.4, -0.2) is 11.1 Å². The average molecular weight is 264 g/mol. The van der Waals surface area contributed by atoms with Crippen molar-refractivity contribution in [2.24, 2.45) is 0 Å². The maximum atomic E-state index is 13.8. The van der Waals surface area contributed by atoms with Gasteiger partial charge < -0.3 is 5.11 Å². The minimum atomic E-state index is -0.885. The number of halogens is 1. The number of hydrogen-bond donors (Lipinski definition) is 1. The van der Waals surface area contributed by atoms with Gasteiger partial charge in [-0.3, -0.25) is 4.79 Å². The lowest BCUT2D eigenvalue weighted by atomic mass is 9.69. The highest BCUT2D eigenvalue weighted by Gasteiger charge is 2.41. The van der Waals surface area contributed by atoms with E-state index in [-0.39, 0.29) is 11.7 Å². The van der Waals surface area contributed by atoms with Crippen molar-refractivity contribution in [1.29, 1.82) is 0 Å². The molecule has 1 aromatic carbocycles. The lowest BCUT2D eigenvalue weighted by Crippen LogP contribution is -2.38. The van der Waals surface area contributed by atoms with Crippen molar-refractivity contribution in [2.45, 2.75) is 57.3 Å². The Kier molecular flexibility index (Phi) is 3.93. The van der Waals surface area contributed by atoms with Crippen LogP contribution in [0.15, 0.2) is 18.2 Å². The number of rotatable bonds is 3. The first kappa shape index (κ1) is 14.0. The van der Waals surface area contributed by atoms with Crippen molar-refractivity contribution in [2.75, 3.05) is 0 Å². The van der Waals surface area contributed by atoms with Crippen molar-refractivity contribution >= 4 is 5.97 Å². The first-order chi connectivity index (χ1) is 8.95. The molecule has 0 saturated heterocycles. The molecule has 0 spiro atoms. The molecule has 2 nitrogen and oxygen atoms in total. The van der Waals surface area contributed by atoms with E-state index in [0.717, 1.165) is 24.8 Å². The minimum absolute atomic E-state index is 0.198. The molecule has 0 aromatic heterocycles. The molecule has 3 heteroatoms. The first-order valence-corrected chi connectivity index (χ1v) is 7.00. The molecule has 1 saturated carbocycles. The van der Waals surface area contributed by atoms with Gasteiger partial charge in [0.15, 0.2) is 0 Å². The Balaban J connectivity index is 2.50. The van der Waals surface area contributed by atoms with Crippen LogP contribution in [-0.2, 0) is 10.2 Å². The van der Waals surface area contributed by atoms with Crippen LogP contribution < -0.4 is 0 Å². The molecule has 104 valence electrons. The van der Waals surface area contributed by atoms with E-state index in [2.05, 4.69) is 0 Å². The van der Waals surface area contributed by atoms with E-state index in [9.17, 15) is 14.3 Å². The Morgan fingerprint density at radius 3 is 2.37 bits per heavy atom. The Hall–Kier alpha value is -1.38. The molecule has 0 amide bonds. The van der Waals surface area contributed by atoms with Crippen LogP contribution in [0.4, 0.5) is 4.39 Å². The standard InChI is InChI=1S/C16H21FO2/c1-11(2)12-8-13(10-14(17)9-12)16(15(18)19)6-4-3-5-7-16/h8-11H,3-7H2,1-2H3,(H,18,19). The average Bonchev–Trinajstić information content (AvgIpc) is 2.38. The van der Waals surface area contributed by atoms with Gasteiger partial charge in [0.1, 0.15) is 5.82 Å². The summed E-state index contributed by atoms with van der Waals surface area (Å²) in [6.07, 6.45) is 4.10. The normalized spacial score (nSPS) is 18.5. The summed E-state index contributed by atoms with van der Waals surface area (Å²) < 4.78 is 13.8. The zero-order valence-electron chi connectivity index (χ0n) is 11.6. The van der Waals surface area contributed by atoms with Crippen molar-refractivity contribution < 1.29 is 14.3 Å². The van der Waals surface area contributed by atoms with E-state index in [1.54, 1.807) is 0 Å². The summed E-state index contributed by atoms with van der Waals surface area (Å²) in [7, 11) is 0. The number of carboxylic acid groups (broad SMARTS) is 1. The zero-order chi connectivity index (χ0) is 14.0. The third-order valence-corrected chi connectivity index (χ3v) is 4.26. The SMILES string of the molecule is CC(C)c1cc(F)cc(C2(C(=O)O)CCCCC2)c1. The van der Waals surface area contributed by atoms with Crippen LogP contribution in [0.1, 0.15) is 63.0 Å². The van der Waals surface area contributed by atoms with Crippen LogP contribution in [0, 0.1) is 5.82 Å². The molecular formula is C16H21FO2. The highest BCUT2D eigenvalue weighted by Crippen LogP contribution is 2.40. The summed E-state index contributed by atoms with van der Waals surface area (Å²) in [6, 6.07) is 4.80. The number of carbonyl (C=O) groups is 1. The van der Waals surface area contributed by atoms with Crippen LogP contribution >= 0.6 is 0 Å². The second-order valence-electron chi connectivity index (χ2n) is 5.88. The Bertz CT molecular complexity index is 474. The van der Waals surface area contributed by atoms with Crippen LogP contribution in [0.5, 0.6) is 0 Å². The van der Waals surface area contributed by atoms with E-state index in [1.807, 2.05) is 19.9 Å². The zero-order valence-corrected chi connectivity index (χ0v) is 11.6. The summed E-state index contributed by atoms with van der Waals surface area (Å²) in [5.74, 6) is -0.941. The van der Waals surface area contributed by atoms with Gasteiger partial charge in [0.25, 0.3) is 0 Å². The highest BCUT2D eigenvalue weighted by molar-refractivity contribution is 5.81. The molecule has 1 aliphatic carbocycles. The van der Waals surface area contributed by atoms with Gasteiger partial charge in [0.05, 0.1) is 5.41 Å². The lowest BCUT2D eigenvalue weighted by molar-refractivity contribution is -0.145. The van der Waals surface area contributed by atoms with Crippen molar-refractivity contribution in [3.05, 3.63) is 35.1 Å². The van der Waals surface area contributed by atoms with Crippen molar-refractivity contribution in [1.82, 2.24) is 0 Å². The predicted octanol–water partition coefficient (Wildman–Crippen LogP) is 4.24. The number of aliphatic carboxylic acids is 1. The fourth-order valence-electron chi connectivity index (χ4n) is 3.00. The molecule has 0 unspecified atom stereocenters. The summed E-state index contributed by atoms with van der Waals surface area (Å²) in [4.78, 5) is 11.7. The molecule has 1 aromatic rings. The Labute approximate surface area is 113 Å². The fourth-order valence-corrected chi connectivity index (χ4v) is 3.00. The number of carboxylic acids is 1. The summed E-state index contributed by atoms with van der Waals surface area (Å²) in [5, 5.41) is 9.64. The van der Waals surface area contributed by atoms with E-state index in [0.29, 0.717) is 18.4 Å². The van der Waals surface area contributed by atoms with Gasteiger partial charge in [-0.2, -0.15) is 0 Å². The Morgan fingerprint density at radius 1 is 1.21 bits per heavy atom. The van der Waals surface area contributed by atoms with Gasteiger partial charge in [0, 0.05) is 0 Å². The molecule has 1 N–H and O–H groups in total. The highest BCUT2D eigenvalue weighted by atomic mass is 19.1. The second kappa shape index (κ2) is 5.32. The molecule has 0 radical (unpaired) electrons. The van der Waals surface area contributed by atoms with Gasteiger partial charge in [-0.05, 0) is 42.0 Å². The third kappa shape index (κ3) is 2.65. The maximum absolute atomic E-state index is 13.8. The molecule has 1 fully saturated rings. The van der Waals surface area contributed by atoms with E-state index in [4.69, 9.17) is 0 Å². The van der Waals surface area contributed by atoms with E-state index < -0.39 is 11.4 Å². The third-order valence-electron chi connectivity index (χ3n) is 4.26. The van der Waals surface area contributed by atoms with Crippen LogP contribution in [0.2, 0.25) is 0 Å². The van der Waals surface area contributed by atoms with Gasteiger partial charge in [0.2, 0.25) is 0 Å². The second-order valence-corrected chi connectivity index (χ2v) is 5.88. The van der Waals surface area contributed by atoms with Crippen LogP contribution in [0.25, 0.3) is 0 Å². The quantitative estimate of drug-likeness (QED) is 0.886.